The van der Waals surface area contributed by atoms with Crippen molar-refractivity contribution >= 4 is 0 Å². The molecular weight excluding hydrogens is 210 g/mol. The first-order valence-electron chi connectivity index (χ1n) is 6.70. The van der Waals surface area contributed by atoms with Crippen LogP contribution in [-0.4, -0.2) is 11.6 Å². The first-order chi connectivity index (χ1) is 8.15. The van der Waals surface area contributed by atoms with E-state index in [1.165, 1.54) is 36.8 Å². The summed E-state index contributed by atoms with van der Waals surface area (Å²) in [4.78, 5) is 0. The fourth-order valence-electron chi connectivity index (χ4n) is 2.18. The minimum absolute atomic E-state index is 0.139. The average Bonchev–Trinajstić information content (AvgIpc) is 3.19. The lowest BCUT2D eigenvalue weighted by Crippen LogP contribution is -2.22. The van der Waals surface area contributed by atoms with Crippen LogP contribution in [0.2, 0.25) is 0 Å². The molecule has 0 unspecified atom stereocenters. The molecule has 0 atom stereocenters. The molecule has 0 aliphatic heterocycles. The van der Waals surface area contributed by atoms with Crippen LogP contribution in [0.15, 0.2) is 18.2 Å². The van der Waals surface area contributed by atoms with Gasteiger partial charge in [0.1, 0.15) is 5.75 Å². The lowest BCUT2D eigenvalue weighted by molar-refractivity contribution is 0.299. The maximum absolute atomic E-state index is 6.16. The number of aryl methyl sites for hydroxylation is 2. The Kier molecular flexibility index (Phi) is 2.62. The fraction of sp³-hybridized carbons (Fsp3) is 0.600. The molecular formula is C15H21NO. The molecule has 2 heteroatoms. The molecule has 3 rings (SSSR count). The second-order valence-corrected chi connectivity index (χ2v) is 5.79. The van der Waals surface area contributed by atoms with E-state index in [4.69, 9.17) is 10.5 Å². The van der Waals surface area contributed by atoms with E-state index in [1.54, 1.807) is 0 Å². The summed E-state index contributed by atoms with van der Waals surface area (Å²) in [5.41, 5.74) is 8.95. The summed E-state index contributed by atoms with van der Waals surface area (Å²) in [6.07, 6.45) is 7.44. The zero-order chi connectivity index (χ0) is 11.9. The third kappa shape index (κ3) is 2.81. The van der Waals surface area contributed by atoms with Crippen molar-refractivity contribution in [3.8, 4) is 5.75 Å². The maximum Gasteiger partial charge on any atom is 0.122 e. The molecule has 2 saturated carbocycles. The van der Waals surface area contributed by atoms with Gasteiger partial charge in [0.25, 0.3) is 0 Å². The number of hydrogen-bond donors (Lipinski definition) is 1. The Labute approximate surface area is 103 Å². The normalized spacial score (nSPS) is 21.3. The topological polar surface area (TPSA) is 35.2 Å². The Morgan fingerprint density at radius 2 is 2.12 bits per heavy atom. The van der Waals surface area contributed by atoms with Crippen LogP contribution in [0.5, 0.6) is 5.75 Å². The summed E-state index contributed by atoms with van der Waals surface area (Å²) in [5, 5.41) is 0. The number of ether oxygens (including phenoxy) is 1. The highest BCUT2D eigenvalue weighted by Gasteiger charge is 2.37. The van der Waals surface area contributed by atoms with E-state index in [1.807, 2.05) is 0 Å². The Bertz CT molecular complexity index is 419. The summed E-state index contributed by atoms with van der Waals surface area (Å²) in [7, 11) is 0. The number of nitrogens with two attached hydrogens (primary N) is 1. The largest absolute Gasteiger partial charge is 0.490 e. The van der Waals surface area contributed by atoms with Gasteiger partial charge in [-0.1, -0.05) is 17.7 Å². The molecule has 2 aliphatic carbocycles. The van der Waals surface area contributed by atoms with Crippen LogP contribution in [0.4, 0.5) is 0 Å². The summed E-state index contributed by atoms with van der Waals surface area (Å²) in [6.45, 7) is 2.14. The molecule has 17 heavy (non-hydrogen) atoms. The SMILES string of the molecule is Cc1ccc(OC2CC2)c(CCC2(N)CC2)c1. The van der Waals surface area contributed by atoms with E-state index in [9.17, 15) is 0 Å². The van der Waals surface area contributed by atoms with Crippen molar-refractivity contribution in [3.05, 3.63) is 29.3 Å². The van der Waals surface area contributed by atoms with Gasteiger partial charge in [-0.2, -0.15) is 0 Å². The summed E-state index contributed by atoms with van der Waals surface area (Å²) in [5.74, 6) is 1.09. The highest BCUT2D eigenvalue weighted by Crippen LogP contribution is 2.38. The lowest BCUT2D eigenvalue weighted by Gasteiger charge is -2.14. The summed E-state index contributed by atoms with van der Waals surface area (Å²) < 4.78 is 5.96. The van der Waals surface area contributed by atoms with Gasteiger partial charge in [0, 0.05) is 5.54 Å². The van der Waals surface area contributed by atoms with Crippen molar-refractivity contribution in [1.29, 1.82) is 0 Å². The van der Waals surface area contributed by atoms with E-state index in [-0.39, 0.29) is 5.54 Å². The molecule has 2 fully saturated rings. The van der Waals surface area contributed by atoms with Gasteiger partial charge in [0.05, 0.1) is 6.10 Å². The van der Waals surface area contributed by atoms with Gasteiger partial charge in [0.2, 0.25) is 0 Å². The monoisotopic (exact) mass is 231 g/mol. The molecule has 2 N–H and O–H groups in total. The molecule has 1 aromatic rings. The molecule has 0 amide bonds. The van der Waals surface area contributed by atoms with Gasteiger partial charge in [-0.25, -0.2) is 0 Å². The van der Waals surface area contributed by atoms with Crippen LogP contribution in [0.25, 0.3) is 0 Å². The molecule has 0 bridgehead atoms. The second-order valence-electron chi connectivity index (χ2n) is 5.79. The van der Waals surface area contributed by atoms with Crippen molar-refractivity contribution in [3.63, 3.8) is 0 Å². The van der Waals surface area contributed by atoms with Crippen molar-refractivity contribution in [2.45, 2.75) is 57.1 Å². The van der Waals surface area contributed by atoms with Crippen LogP contribution >= 0.6 is 0 Å². The minimum atomic E-state index is 0.139. The molecule has 0 saturated heterocycles. The third-order valence-electron chi connectivity index (χ3n) is 3.82. The van der Waals surface area contributed by atoms with Crippen LogP contribution in [-0.2, 0) is 6.42 Å². The van der Waals surface area contributed by atoms with Crippen LogP contribution in [0.3, 0.4) is 0 Å². The number of benzene rings is 1. The van der Waals surface area contributed by atoms with Gasteiger partial charge in [-0.15, -0.1) is 0 Å². The smallest absolute Gasteiger partial charge is 0.122 e. The van der Waals surface area contributed by atoms with Gasteiger partial charge < -0.3 is 10.5 Å². The zero-order valence-electron chi connectivity index (χ0n) is 10.5. The predicted octanol–water partition coefficient (Wildman–Crippen LogP) is 2.96. The molecule has 0 radical (unpaired) electrons. The molecule has 2 aliphatic rings. The lowest BCUT2D eigenvalue weighted by atomic mass is 10.0. The van der Waals surface area contributed by atoms with Gasteiger partial charge in [-0.05, 0) is 57.1 Å². The molecule has 0 heterocycles. The Balaban J connectivity index is 1.71. The van der Waals surface area contributed by atoms with E-state index >= 15 is 0 Å². The van der Waals surface area contributed by atoms with E-state index in [2.05, 4.69) is 25.1 Å². The minimum Gasteiger partial charge on any atom is -0.490 e. The zero-order valence-corrected chi connectivity index (χ0v) is 10.5. The quantitative estimate of drug-likeness (QED) is 0.845. The molecule has 2 nitrogen and oxygen atoms in total. The van der Waals surface area contributed by atoms with Gasteiger partial charge in [0.15, 0.2) is 0 Å². The van der Waals surface area contributed by atoms with Crippen LogP contribution < -0.4 is 10.5 Å². The molecule has 0 aromatic heterocycles. The number of hydrogen-bond acceptors (Lipinski definition) is 2. The Hall–Kier alpha value is -1.02. The molecule has 92 valence electrons. The highest BCUT2D eigenvalue weighted by atomic mass is 16.5. The second kappa shape index (κ2) is 4.02. The van der Waals surface area contributed by atoms with Crippen molar-refractivity contribution < 1.29 is 4.74 Å². The standard InChI is InChI=1S/C15H21NO/c1-11-2-5-14(17-13-3-4-13)12(10-11)6-7-15(16)8-9-15/h2,5,10,13H,3-4,6-9,16H2,1H3. The van der Waals surface area contributed by atoms with Crippen molar-refractivity contribution in [2.24, 2.45) is 5.73 Å². The van der Waals surface area contributed by atoms with E-state index in [0.29, 0.717) is 6.10 Å². The van der Waals surface area contributed by atoms with E-state index < -0.39 is 0 Å². The maximum atomic E-state index is 6.16. The highest BCUT2D eigenvalue weighted by molar-refractivity contribution is 5.37. The summed E-state index contributed by atoms with van der Waals surface area (Å²) >= 11 is 0. The molecule has 1 aromatic carbocycles. The first kappa shape index (κ1) is 11.1. The fourth-order valence-corrected chi connectivity index (χ4v) is 2.18. The number of rotatable bonds is 5. The first-order valence-corrected chi connectivity index (χ1v) is 6.70. The van der Waals surface area contributed by atoms with E-state index in [0.717, 1.165) is 18.6 Å². The van der Waals surface area contributed by atoms with Crippen LogP contribution in [0.1, 0.15) is 43.2 Å². The van der Waals surface area contributed by atoms with Crippen LogP contribution in [0, 0.1) is 6.92 Å². The third-order valence-corrected chi connectivity index (χ3v) is 3.82. The van der Waals surface area contributed by atoms with Crippen molar-refractivity contribution in [1.82, 2.24) is 0 Å². The van der Waals surface area contributed by atoms with Gasteiger partial charge in [-0.3, -0.25) is 0 Å². The Morgan fingerprint density at radius 3 is 2.76 bits per heavy atom. The molecule has 0 spiro atoms. The Morgan fingerprint density at radius 1 is 1.35 bits per heavy atom. The average molecular weight is 231 g/mol. The van der Waals surface area contributed by atoms with Crippen molar-refractivity contribution in [2.75, 3.05) is 0 Å². The van der Waals surface area contributed by atoms with Gasteiger partial charge >= 0.3 is 0 Å². The summed E-state index contributed by atoms with van der Waals surface area (Å²) in [6, 6.07) is 6.51. The predicted molar refractivity (Wildman–Crippen MR) is 69.3 cm³/mol.